The van der Waals surface area contributed by atoms with Crippen molar-refractivity contribution < 1.29 is 17.9 Å². The van der Waals surface area contributed by atoms with Gasteiger partial charge in [0.2, 0.25) is 10.0 Å². The van der Waals surface area contributed by atoms with Gasteiger partial charge in [-0.2, -0.15) is 0 Å². The average molecular weight is 432 g/mol. The first-order chi connectivity index (χ1) is 11.5. The van der Waals surface area contributed by atoms with E-state index in [0.29, 0.717) is 28.3 Å². The minimum Gasteiger partial charge on any atom is -0.493 e. The van der Waals surface area contributed by atoms with Crippen molar-refractivity contribution in [2.75, 3.05) is 26.5 Å². The Morgan fingerprint density at radius 3 is 2.33 bits per heavy atom. The zero-order valence-corrected chi connectivity index (χ0v) is 16.5. The Morgan fingerprint density at radius 1 is 1.08 bits per heavy atom. The fraction of sp³-hybridized carbons (Fsp3) is 0.250. The van der Waals surface area contributed by atoms with Crippen LogP contribution in [0, 0.1) is 0 Å². The van der Waals surface area contributed by atoms with E-state index in [1.54, 1.807) is 17.8 Å². The van der Waals surface area contributed by atoms with Gasteiger partial charge in [-0.15, -0.1) is 11.8 Å². The average Bonchev–Trinajstić information content (AvgIpc) is 2.59. The zero-order chi connectivity index (χ0) is 17.6. The van der Waals surface area contributed by atoms with Crippen LogP contribution in [0.25, 0.3) is 0 Å². The van der Waals surface area contributed by atoms with Crippen LogP contribution in [-0.4, -0.2) is 34.9 Å². The number of sulfonamides is 1. The predicted molar refractivity (Wildman–Crippen MR) is 99.6 cm³/mol. The lowest BCUT2D eigenvalue weighted by Crippen LogP contribution is -2.26. The summed E-state index contributed by atoms with van der Waals surface area (Å²) in [6, 6.07) is 12.8. The molecule has 2 aromatic carbocycles. The largest absolute Gasteiger partial charge is 0.493 e. The van der Waals surface area contributed by atoms with Crippen LogP contribution in [0.15, 0.2) is 56.7 Å². The Labute approximate surface area is 154 Å². The van der Waals surface area contributed by atoms with Crippen LogP contribution < -0.4 is 14.2 Å². The highest BCUT2D eigenvalue weighted by atomic mass is 79.9. The number of halogens is 1. The van der Waals surface area contributed by atoms with Crippen LogP contribution in [0.4, 0.5) is 0 Å². The molecule has 0 amide bonds. The third-order valence-electron chi connectivity index (χ3n) is 3.13. The van der Waals surface area contributed by atoms with Gasteiger partial charge in [-0.05, 0) is 34.1 Å². The molecule has 8 heteroatoms. The third kappa shape index (κ3) is 4.89. The van der Waals surface area contributed by atoms with Gasteiger partial charge in [0.05, 0.1) is 14.2 Å². The number of methoxy groups -OCH3 is 2. The topological polar surface area (TPSA) is 64.6 Å². The summed E-state index contributed by atoms with van der Waals surface area (Å²) in [5.74, 6) is 1.46. The maximum atomic E-state index is 12.5. The summed E-state index contributed by atoms with van der Waals surface area (Å²) >= 11 is 4.86. The first kappa shape index (κ1) is 19.1. The minimum absolute atomic E-state index is 0.116. The quantitative estimate of drug-likeness (QED) is 0.511. The fourth-order valence-corrected chi connectivity index (χ4v) is 4.97. The van der Waals surface area contributed by atoms with Gasteiger partial charge < -0.3 is 9.47 Å². The van der Waals surface area contributed by atoms with Gasteiger partial charge in [-0.25, -0.2) is 13.1 Å². The molecule has 0 heterocycles. The Morgan fingerprint density at radius 2 is 1.71 bits per heavy atom. The highest BCUT2D eigenvalue weighted by Crippen LogP contribution is 2.35. The van der Waals surface area contributed by atoms with Crippen molar-refractivity contribution in [2.24, 2.45) is 0 Å². The summed E-state index contributed by atoms with van der Waals surface area (Å²) in [6.45, 7) is 0.322. The Balaban J connectivity index is 2.04. The number of hydrogen-bond donors (Lipinski definition) is 1. The maximum Gasteiger partial charge on any atom is 0.241 e. The summed E-state index contributed by atoms with van der Waals surface area (Å²) in [7, 11) is -0.687. The molecule has 2 rings (SSSR count). The molecule has 0 atom stereocenters. The van der Waals surface area contributed by atoms with Gasteiger partial charge in [0.25, 0.3) is 0 Å². The number of nitrogens with one attached hydrogen (secondary N) is 1. The summed E-state index contributed by atoms with van der Waals surface area (Å²) < 4.78 is 38.3. The number of ether oxygens (including phenoxy) is 2. The molecule has 0 aromatic heterocycles. The van der Waals surface area contributed by atoms with Crippen molar-refractivity contribution in [1.29, 1.82) is 0 Å². The maximum absolute atomic E-state index is 12.5. The van der Waals surface area contributed by atoms with Crippen LogP contribution in [0.3, 0.4) is 0 Å². The van der Waals surface area contributed by atoms with E-state index in [9.17, 15) is 8.42 Å². The number of hydrogen-bond acceptors (Lipinski definition) is 5. The lowest BCUT2D eigenvalue weighted by molar-refractivity contribution is 0.353. The van der Waals surface area contributed by atoms with Gasteiger partial charge in [0.15, 0.2) is 11.5 Å². The van der Waals surface area contributed by atoms with E-state index < -0.39 is 10.0 Å². The van der Waals surface area contributed by atoms with E-state index in [1.165, 1.54) is 20.3 Å². The number of rotatable bonds is 8. The monoisotopic (exact) mass is 431 g/mol. The highest BCUT2D eigenvalue weighted by Gasteiger charge is 2.20. The van der Waals surface area contributed by atoms with Gasteiger partial charge in [0, 0.05) is 27.7 Å². The molecule has 0 spiro atoms. The molecule has 0 aliphatic carbocycles. The number of benzene rings is 2. The first-order valence-corrected chi connectivity index (χ1v) is 10.3. The van der Waals surface area contributed by atoms with Crippen LogP contribution in [0.2, 0.25) is 0 Å². The molecule has 2 aromatic rings. The molecule has 24 heavy (non-hydrogen) atoms. The summed E-state index contributed by atoms with van der Waals surface area (Å²) in [5, 5.41) is 0. The van der Waals surface area contributed by atoms with Crippen molar-refractivity contribution in [3.63, 3.8) is 0 Å². The zero-order valence-electron chi connectivity index (χ0n) is 13.3. The molecule has 5 nitrogen and oxygen atoms in total. The van der Waals surface area contributed by atoms with Crippen molar-refractivity contribution >= 4 is 37.7 Å². The normalized spacial score (nSPS) is 11.3. The van der Waals surface area contributed by atoms with Crippen LogP contribution in [0.1, 0.15) is 0 Å². The standard InChI is InChI=1S/C16H18BrNO4S2/c1-21-14-10-13(17)16(11-15(14)22-2)24(19,20)18-8-9-23-12-6-4-3-5-7-12/h3-7,10-11,18H,8-9H2,1-2H3. The van der Waals surface area contributed by atoms with E-state index in [-0.39, 0.29) is 4.90 Å². The second kappa shape index (κ2) is 8.75. The molecule has 1 N–H and O–H groups in total. The van der Waals surface area contributed by atoms with E-state index in [2.05, 4.69) is 20.7 Å². The third-order valence-corrected chi connectivity index (χ3v) is 6.57. The lowest BCUT2D eigenvalue weighted by Gasteiger charge is -2.13. The van der Waals surface area contributed by atoms with Gasteiger partial charge >= 0.3 is 0 Å². The van der Waals surface area contributed by atoms with Gasteiger partial charge in [-0.3, -0.25) is 0 Å². The fourth-order valence-electron chi connectivity index (χ4n) is 1.98. The second-order valence-corrected chi connectivity index (χ2v) is 8.45. The molecule has 0 saturated heterocycles. The Bertz CT molecular complexity index is 782. The van der Waals surface area contributed by atoms with Crippen LogP contribution in [-0.2, 0) is 10.0 Å². The van der Waals surface area contributed by atoms with E-state index in [1.807, 2.05) is 30.3 Å². The van der Waals surface area contributed by atoms with E-state index in [0.717, 1.165) is 4.90 Å². The molecule has 0 radical (unpaired) electrons. The summed E-state index contributed by atoms with van der Waals surface area (Å²) in [5.41, 5.74) is 0. The molecule has 0 bridgehead atoms. The van der Waals surface area contributed by atoms with Crippen molar-refractivity contribution in [1.82, 2.24) is 4.72 Å². The Hall–Kier alpha value is -1.22. The molecule has 0 aliphatic heterocycles. The van der Waals surface area contributed by atoms with Crippen LogP contribution in [0.5, 0.6) is 11.5 Å². The molecular formula is C16H18BrNO4S2. The molecule has 0 saturated carbocycles. The van der Waals surface area contributed by atoms with E-state index in [4.69, 9.17) is 9.47 Å². The first-order valence-electron chi connectivity index (χ1n) is 7.07. The molecule has 0 fully saturated rings. The molecule has 130 valence electrons. The van der Waals surface area contributed by atoms with Gasteiger partial charge in [0.1, 0.15) is 4.90 Å². The minimum atomic E-state index is -3.65. The van der Waals surface area contributed by atoms with Crippen molar-refractivity contribution in [2.45, 2.75) is 9.79 Å². The lowest BCUT2D eigenvalue weighted by atomic mass is 10.3. The second-order valence-electron chi connectivity index (χ2n) is 4.70. The van der Waals surface area contributed by atoms with E-state index >= 15 is 0 Å². The SMILES string of the molecule is COc1cc(Br)c(S(=O)(=O)NCCSc2ccccc2)cc1OC. The predicted octanol–water partition coefficient (Wildman–Crippen LogP) is 3.54. The smallest absolute Gasteiger partial charge is 0.241 e. The molecule has 0 unspecified atom stereocenters. The Kier molecular flexibility index (Phi) is 6.97. The highest BCUT2D eigenvalue weighted by molar-refractivity contribution is 9.10. The van der Waals surface area contributed by atoms with Gasteiger partial charge in [-0.1, -0.05) is 18.2 Å². The van der Waals surface area contributed by atoms with Crippen molar-refractivity contribution in [3.8, 4) is 11.5 Å². The van der Waals surface area contributed by atoms with Crippen LogP contribution >= 0.6 is 27.7 Å². The molecular weight excluding hydrogens is 414 g/mol. The summed E-state index contributed by atoms with van der Waals surface area (Å²) in [6.07, 6.45) is 0. The molecule has 0 aliphatic rings. The van der Waals surface area contributed by atoms with Crippen molar-refractivity contribution in [3.05, 3.63) is 46.9 Å². The summed E-state index contributed by atoms with van der Waals surface area (Å²) in [4.78, 5) is 1.22. The number of thioether (sulfide) groups is 1.